The zero-order valence-corrected chi connectivity index (χ0v) is 14.0. The highest BCUT2D eigenvalue weighted by atomic mass is 32.1. The van der Waals surface area contributed by atoms with Gasteiger partial charge in [-0.3, -0.25) is 4.79 Å². The van der Waals surface area contributed by atoms with Gasteiger partial charge in [-0.1, -0.05) is 26.0 Å². The molecule has 0 unspecified atom stereocenters. The second kappa shape index (κ2) is 6.61. The number of rotatable bonds is 4. The molecular formula is C18H22N2OS. The number of nitrogens with zero attached hydrogens (tertiary/aromatic N) is 1. The number of carbonyl (C=O) groups is 1. The van der Waals surface area contributed by atoms with Crippen LogP contribution in [0.4, 0.5) is 5.69 Å². The van der Waals surface area contributed by atoms with Crippen LogP contribution in [0.2, 0.25) is 0 Å². The number of nitrogens with one attached hydrogen (secondary N) is 1. The number of benzene rings is 1. The number of aryl methyl sites for hydroxylation is 1. The molecule has 1 aliphatic rings. The SMILES string of the molecule is CC(C)c1nc(CC(=O)Nc2cccc3c2CCCC3)cs1. The zero-order chi connectivity index (χ0) is 15.5. The van der Waals surface area contributed by atoms with E-state index >= 15 is 0 Å². The van der Waals surface area contributed by atoms with Crippen molar-refractivity contribution in [3.05, 3.63) is 45.4 Å². The molecule has 3 rings (SSSR count). The van der Waals surface area contributed by atoms with Crippen LogP contribution in [0.1, 0.15) is 54.4 Å². The molecule has 0 atom stereocenters. The number of carbonyl (C=O) groups excluding carboxylic acids is 1. The maximum atomic E-state index is 12.3. The molecule has 0 radical (unpaired) electrons. The molecule has 1 aromatic carbocycles. The van der Waals surface area contributed by atoms with Gasteiger partial charge in [-0.15, -0.1) is 11.3 Å². The molecule has 0 saturated heterocycles. The van der Waals surface area contributed by atoms with Crippen molar-refractivity contribution in [1.29, 1.82) is 0 Å². The first kappa shape index (κ1) is 15.2. The molecule has 2 aromatic rings. The minimum absolute atomic E-state index is 0.0274. The van der Waals surface area contributed by atoms with Gasteiger partial charge in [-0.2, -0.15) is 0 Å². The lowest BCUT2D eigenvalue weighted by Crippen LogP contribution is -2.17. The van der Waals surface area contributed by atoms with Gasteiger partial charge in [0.15, 0.2) is 0 Å². The molecule has 1 aliphatic carbocycles. The van der Waals surface area contributed by atoms with E-state index in [4.69, 9.17) is 0 Å². The Morgan fingerprint density at radius 1 is 1.32 bits per heavy atom. The highest BCUT2D eigenvalue weighted by Crippen LogP contribution is 2.28. The summed E-state index contributed by atoms with van der Waals surface area (Å²) < 4.78 is 0. The third kappa shape index (κ3) is 3.38. The van der Waals surface area contributed by atoms with Crippen molar-refractivity contribution in [3.63, 3.8) is 0 Å². The first-order valence-corrected chi connectivity index (χ1v) is 8.86. The molecule has 0 spiro atoms. The van der Waals surface area contributed by atoms with E-state index in [0.717, 1.165) is 29.2 Å². The van der Waals surface area contributed by atoms with Gasteiger partial charge in [0.05, 0.1) is 17.1 Å². The van der Waals surface area contributed by atoms with Gasteiger partial charge < -0.3 is 5.32 Å². The number of fused-ring (bicyclic) bond motifs is 1. The lowest BCUT2D eigenvalue weighted by atomic mass is 9.90. The summed E-state index contributed by atoms with van der Waals surface area (Å²) in [6.07, 6.45) is 5.01. The summed E-state index contributed by atoms with van der Waals surface area (Å²) in [6.45, 7) is 4.25. The average Bonchev–Trinajstić information content (AvgIpc) is 2.96. The van der Waals surface area contributed by atoms with Crippen molar-refractivity contribution in [3.8, 4) is 0 Å². The first-order chi connectivity index (χ1) is 10.6. The van der Waals surface area contributed by atoms with Crippen molar-refractivity contribution in [2.24, 2.45) is 0 Å². The molecule has 116 valence electrons. The zero-order valence-electron chi connectivity index (χ0n) is 13.2. The van der Waals surface area contributed by atoms with E-state index in [1.165, 1.54) is 24.0 Å². The van der Waals surface area contributed by atoms with Crippen LogP contribution < -0.4 is 5.32 Å². The summed E-state index contributed by atoms with van der Waals surface area (Å²) in [4.78, 5) is 16.8. The van der Waals surface area contributed by atoms with Crippen LogP contribution in [0, 0.1) is 0 Å². The Morgan fingerprint density at radius 3 is 2.91 bits per heavy atom. The molecule has 1 heterocycles. The second-order valence-corrected chi connectivity index (χ2v) is 7.10. The van der Waals surface area contributed by atoms with Crippen LogP contribution in [0.3, 0.4) is 0 Å². The lowest BCUT2D eigenvalue weighted by Gasteiger charge is -2.19. The molecule has 1 aromatic heterocycles. The van der Waals surface area contributed by atoms with E-state index in [-0.39, 0.29) is 5.91 Å². The van der Waals surface area contributed by atoms with Crippen LogP contribution in [-0.4, -0.2) is 10.9 Å². The van der Waals surface area contributed by atoms with Gasteiger partial charge in [0, 0.05) is 17.0 Å². The Labute approximate surface area is 135 Å². The minimum Gasteiger partial charge on any atom is -0.325 e. The summed E-state index contributed by atoms with van der Waals surface area (Å²) in [7, 11) is 0. The van der Waals surface area contributed by atoms with Crippen molar-refractivity contribution >= 4 is 22.9 Å². The Kier molecular flexibility index (Phi) is 4.57. The second-order valence-electron chi connectivity index (χ2n) is 6.21. The Bertz CT molecular complexity index is 675. The smallest absolute Gasteiger partial charge is 0.230 e. The predicted molar refractivity (Wildman–Crippen MR) is 91.6 cm³/mol. The normalized spacial score (nSPS) is 14.0. The number of thiazole rings is 1. The molecule has 0 aliphatic heterocycles. The standard InChI is InChI=1S/C18H22N2OS/c1-12(2)18-19-14(11-22-18)10-17(21)20-16-9-5-7-13-6-3-4-8-15(13)16/h5,7,9,11-12H,3-4,6,8,10H2,1-2H3,(H,20,21). The van der Waals surface area contributed by atoms with E-state index in [1.54, 1.807) is 11.3 Å². The van der Waals surface area contributed by atoms with E-state index in [2.05, 4.69) is 30.2 Å². The summed E-state index contributed by atoms with van der Waals surface area (Å²) in [5.41, 5.74) is 4.57. The van der Waals surface area contributed by atoms with Crippen molar-refractivity contribution in [2.75, 3.05) is 5.32 Å². The number of aromatic nitrogens is 1. The van der Waals surface area contributed by atoms with E-state index in [0.29, 0.717) is 12.3 Å². The predicted octanol–water partition coefficient (Wildman–Crippen LogP) is 4.33. The summed E-state index contributed by atoms with van der Waals surface area (Å²) in [5.74, 6) is 0.447. The minimum atomic E-state index is 0.0274. The molecule has 0 fully saturated rings. The van der Waals surface area contributed by atoms with E-state index < -0.39 is 0 Å². The van der Waals surface area contributed by atoms with Crippen molar-refractivity contribution in [2.45, 2.75) is 51.9 Å². The highest BCUT2D eigenvalue weighted by Gasteiger charge is 2.15. The third-order valence-corrected chi connectivity index (χ3v) is 5.27. The number of hydrogen-bond donors (Lipinski definition) is 1. The molecular weight excluding hydrogens is 292 g/mol. The topological polar surface area (TPSA) is 42.0 Å². The largest absolute Gasteiger partial charge is 0.325 e. The quantitative estimate of drug-likeness (QED) is 0.913. The maximum Gasteiger partial charge on any atom is 0.230 e. The van der Waals surface area contributed by atoms with Crippen LogP contribution in [0.5, 0.6) is 0 Å². The van der Waals surface area contributed by atoms with Crippen LogP contribution in [0.15, 0.2) is 23.6 Å². The maximum absolute atomic E-state index is 12.3. The van der Waals surface area contributed by atoms with Gasteiger partial charge in [0.2, 0.25) is 5.91 Å². The Balaban J connectivity index is 1.69. The van der Waals surface area contributed by atoms with Crippen LogP contribution in [0.25, 0.3) is 0 Å². The fraction of sp³-hybridized carbons (Fsp3) is 0.444. The molecule has 1 amide bonds. The van der Waals surface area contributed by atoms with Crippen LogP contribution in [-0.2, 0) is 24.1 Å². The van der Waals surface area contributed by atoms with Gasteiger partial charge in [-0.05, 0) is 42.9 Å². The molecule has 3 nitrogen and oxygen atoms in total. The van der Waals surface area contributed by atoms with Crippen LogP contribution >= 0.6 is 11.3 Å². The summed E-state index contributed by atoms with van der Waals surface area (Å²) >= 11 is 1.64. The third-order valence-electron chi connectivity index (χ3n) is 4.08. The molecule has 1 N–H and O–H groups in total. The molecule has 22 heavy (non-hydrogen) atoms. The molecule has 4 heteroatoms. The van der Waals surface area contributed by atoms with Crippen molar-refractivity contribution in [1.82, 2.24) is 4.98 Å². The number of amides is 1. The van der Waals surface area contributed by atoms with Gasteiger partial charge in [0.1, 0.15) is 0 Å². The van der Waals surface area contributed by atoms with Gasteiger partial charge in [0.25, 0.3) is 0 Å². The monoisotopic (exact) mass is 314 g/mol. The summed E-state index contributed by atoms with van der Waals surface area (Å²) in [6, 6.07) is 6.24. The van der Waals surface area contributed by atoms with Crippen molar-refractivity contribution < 1.29 is 4.79 Å². The Hall–Kier alpha value is -1.68. The van der Waals surface area contributed by atoms with Gasteiger partial charge >= 0.3 is 0 Å². The van der Waals surface area contributed by atoms with E-state index in [9.17, 15) is 4.79 Å². The Morgan fingerprint density at radius 2 is 2.14 bits per heavy atom. The fourth-order valence-electron chi connectivity index (χ4n) is 2.93. The number of hydrogen-bond acceptors (Lipinski definition) is 3. The fourth-order valence-corrected chi connectivity index (χ4v) is 3.76. The molecule has 0 saturated carbocycles. The highest BCUT2D eigenvalue weighted by molar-refractivity contribution is 7.09. The lowest BCUT2D eigenvalue weighted by molar-refractivity contribution is -0.115. The first-order valence-electron chi connectivity index (χ1n) is 7.98. The number of anilines is 1. The van der Waals surface area contributed by atoms with E-state index in [1.807, 2.05) is 17.5 Å². The summed E-state index contributed by atoms with van der Waals surface area (Å²) in [5, 5.41) is 6.18. The van der Waals surface area contributed by atoms with Gasteiger partial charge in [-0.25, -0.2) is 4.98 Å². The molecule has 0 bridgehead atoms. The average molecular weight is 314 g/mol.